The molecule has 0 atom stereocenters. The highest BCUT2D eigenvalue weighted by atomic mass is 32.1. The van der Waals surface area contributed by atoms with Crippen molar-refractivity contribution in [3.05, 3.63) is 28.8 Å². The normalized spacial score (nSPS) is 10.5. The quantitative estimate of drug-likeness (QED) is 0.732. The SMILES string of the molecule is CCOC(=O)c1cccc2nc(C)sc12. The summed E-state index contributed by atoms with van der Waals surface area (Å²) in [6, 6.07) is 5.51. The van der Waals surface area contributed by atoms with E-state index in [9.17, 15) is 4.79 Å². The molecule has 3 nitrogen and oxygen atoms in total. The van der Waals surface area contributed by atoms with Crippen molar-refractivity contribution in [3.8, 4) is 0 Å². The van der Waals surface area contributed by atoms with E-state index >= 15 is 0 Å². The Balaban J connectivity index is 2.55. The van der Waals surface area contributed by atoms with Crippen molar-refractivity contribution in [1.82, 2.24) is 4.98 Å². The first kappa shape index (κ1) is 10.1. The maximum atomic E-state index is 11.6. The zero-order chi connectivity index (χ0) is 10.8. The number of rotatable bonds is 2. The van der Waals surface area contributed by atoms with Gasteiger partial charge in [0.05, 0.1) is 27.4 Å². The Morgan fingerprint density at radius 3 is 3.07 bits per heavy atom. The summed E-state index contributed by atoms with van der Waals surface area (Å²) in [5.41, 5.74) is 1.48. The molecule has 1 aromatic carbocycles. The fourth-order valence-electron chi connectivity index (χ4n) is 1.43. The summed E-state index contributed by atoms with van der Waals surface area (Å²) < 4.78 is 5.90. The molecule has 2 rings (SSSR count). The van der Waals surface area contributed by atoms with E-state index in [0.29, 0.717) is 12.2 Å². The van der Waals surface area contributed by atoms with Crippen LogP contribution in [-0.4, -0.2) is 17.6 Å². The van der Waals surface area contributed by atoms with Gasteiger partial charge in [0.2, 0.25) is 0 Å². The molecule has 0 radical (unpaired) electrons. The van der Waals surface area contributed by atoms with E-state index in [1.807, 2.05) is 19.1 Å². The van der Waals surface area contributed by atoms with E-state index in [1.165, 1.54) is 11.3 Å². The molecule has 0 unspecified atom stereocenters. The molecule has 78 valence electrons. The minimum Gasteiger partial charge on any atom is -0.462 e. The van der Waals surface area contributed by atoms with Crippen molar-refractivity contribution in [1.29, 1.82) is 0 Å². The Morgan fingerprint density at radius 1 is 1.53 bits per heavy atom. The summed E-state index contributed by atoms with van der Waals surface area (Å²) in [5, 5.41) is 0.960. The number of nitrogens with zero attached hydrogens (tertiary/aromatic N) is 1. The Bertz CT molecular complexity index is 504. The molecule has 0 N–H and O–H groups in total. The second-order valence-corrected chi connectivity index (χ2v) is 4.31. The van der Waals surface area contributed by atoms with E-state index in [0.717, 1.165) is 15.2 Å². The fourth-order valence-corrected chi connectivity index (χ4v) is 2.35. The summed E-state index contributed by atoms with van der Waals surface area (Å²) in [6.07, 6.45) is 0. The summed E-state index contributed by atoms with van der Waals surface area (Å²) in [5.74, 6) is -0.272. The number of carbonyl (C=O) groups excluding carboxylic acids is 1. The molecule has 0 bridgehead atoms. The maximum Gasteiger partial charge on any atom is 0.339 e. The average molecular weight is 221 g/mol. The summed E-state index contributed by atoms with van der Waals surface area (Å²) in [4.78, 5) is 16.0. The van der Waals surface area contributed by atoms with Crippen LogP contribution in [0.1, 0.15) is 22.3 Å². The van der Waals surface area contributed by atoms with E-state index in [2.05, 4.69) is 4.98 Å². The lowest BCUT2D eigenvalue weighted by molar-refractivity contribution is 0.0529. The molecular weight excluding hydrogens is 210 g/mol. The Morgan fingerprint density at radius 2 is 2.33 bits per heavy atom. The third-order valence-corrected chi connectivity index (χ3v) is 3.04. The van der Waals surface area contributed by atoms with Crippen LogP contribution in [0.15, 0.2) is 18.2 Å². The Labute approximate surface area is 91.7 Å². The Kier molecular flexibility index (Phi) is 2.68. The second kappa shape index (κ2) is 3.98. The van der Waals surface area contributed by atoms with Gasteiger partial charge in [0.15, 0.2) is 0 Å². The molecule has 0 aliphatic rings. The molecule has 0 saturated heterocycles. The number of carbonyl (C=O) groups is 1. The molecule has 0 amide bonds. The van der Waals surface area contributed by atoms with Crippen LogP contribution in [0.2, 0.25) is 0 Å². The molecule has 1 heterocycles. The van der Waals surface area contributed by atoms with Gasteiger partial charge in [-0.15, -0.1) is 11.3 Å². The molecular formula is C11H11NO2S. The number of esters is 1. The number of benzene rings is 1. The Hall–Kier alpha value is -1.42. The topological polar surface area (TPSA) is 39.2 Å². The van der Waals surface area contributed by atoms with Crippen LogP contribution >= 0.6 is 11.3 Å². The van der Waals surface area contributed by atoms with Crippen LogP contribution in [0.5, 0.6) is 0 Å². The predicted molar refractivity (Wildman–Crippen MR) is 60.3 cm³/mol. The largest absolute Gasteiger partial charge is 0.462 e. The van der Waals surface area contributed by atoms with Crippen LogP contribution in [0.4, 0.5) is 0 Å². The van der Waals surface area contributed by atoms with Gasteiger partial charge in [-0.1, -0.05) is 6.07 Å². The number of thiazole rings is 1. The number of hydrogen-bond acceptors (Lipinski definition) is 4. The lowest BCUT2D eigenvalue weighted by Gasteiger charge is -2.01. The fraction of sp³-hybridized carbons (Fsp3) is 0.273. The molecule has 15 heavy (non-hydrogen) atoms. The zero-order valence-corrected chi connectivity index (χ0v) is 9.43. The van der Waals surface area contributed by atoms with Crippen molar-refractivity contribution < 1.29 is 9.53 Å². The lowest BCUT2D eigenvalue weighted by atomic mass is 10.2. The maximum absolute atomic E-state index is 11.6. The number of ether oxygens (including phenoxy) is 1. The first-order chi connectivity index (χ1) is 7.22. The van der Waals surface area contributed by atoms with Crippen molar-refractivity contribution >= 4 is 27.5 Å². The molecule has 0 aliphatic heterocycles. The van der Waals surface area contributed by atoms with E-state index in [1.54, 1.807) is 13.0 Å². The smallest absolute Gasteiger partial charge is 0.339 e. The average Bonchev–Trinajstić information content (AvgIpc) is 2.57. The number of hydrogen-bond donors (Lipinski definition) is 0. The molecule has 4 heteroatoms. The van der Waals surface area contributed by atoms with Crippen molar-refractivity contribution in [2.75, 3.05) is 6.61 Å². The van der Waals surface area contributed by atoms with E-state index in [-0.39, 0.29) is 5.97 Å². The van der Waals surface area contributed by atoms with Crippen LogP contribution in [0.3, 0.4) is 0 Å². The summed E-state index contributed by atoms with van der Waals surface area (Å²) in [7, 11) is 0. The molecule has 0 aliphatic carbocycles. The van der Waals surface area contributed by atoms with Crippen molar-refractivity contribution in [3.63, 3.8) is 0 Å². The predicted octanol–water partition coefficient (Wildman–Crippen LogP) is 2.78. The molecule has 2 aromatic rings. The highest BCUT2D eigenvalue weighted by molar-refractivity contribution is 7.18. The highest BCUT2D eigenvalue weighted by Crippen LogP contribution is 2.25. The van der Waals surface area contributed by atoms with Crippen LogP contribution in [0.25, 0.3) is 10.2 Å². The van der Waals surface area contributed by atoms with Crippen molar-refractivity contribution in [2.45, 2.75) is 13.8 Å². The number of fused-ring (bicyclic) bond motifs is 1. The van der Waals surface area contributed by atoms with Gasteiger partial charge in [-0.2, -0.15) is 0 Å². The third-order valence-electron chi connectivity index (χ3n) is 2.02. The van der Waals surface area contributed by atoms with Crippen LogP contribution < -0.4 is 0 Å². The van der Waals surface area contributed by atoms with Crippen LogP contribution in [-0.2, 0) is 4.74 Å². The molecule has 0 saturated carbocycles. The minimum atomic E-state index is -0.272. The van der Waals surface area contributed by atoms with Gasteiger partial charge >= 0.3 is 5.97 Å². The highest BCUT2D eigenvalue weighted by Gasteiger charge is 2.13. The van der Waals surface area contributed by atoms with Gasteiger partial charge in [0.25, 0.3) is 0 Å². The summed E-state index contributed by atoms with van der Waals surface area (Å²) in [6.45, 7) is 4.13. The molecule has 0 spiro atoms. The van der Waals surface area contributed by atoms with Gasteiger partial charge in [0, 0.05) is 0 Å². The van der Waals surface area contributed by atoms with E-state index in [4.69, 9.17) is 4.74 Å². The number of aromatic nitrogens is 1. The molecule has 1 aromatic heterocycles. The first-order valence-corrected chi connectivity index (χ1v) is 5.57. The monoisotopic (exact) mass is 221 g/mol. The standard InChI is InChI=1S/C11H11NO2S/c1-3-14-11(13)8-5-4-6-9-10(8)15-7(2)12-9/h4-6H,3H2,1-2H3. The zero-order valence-electron chi connectivity index (χ0n) is 8.61. The van der Waals surface area contributed by atoms with E-state index < -0.39 is 0 Å². The number of aryl methyl sites for hydroxylation is 1. The van der Waals surface area contributed by atoms with Gasteiger partial charge in [-0.25, -0.2) is 9.78 Å². The minimum absolute atomic E-state index is 0.272. The van der Waals surface area contributed by atoms with Crippen LogP contribution in [0, 0.1) is 6.92 Å². The first-order valence-electron chi connectivity index (χ1n) is 4.75. The van der Waals surface area contributed by atoms with Gasteiger partial charge in [0.1, 0.15) is 0 Å². The third kappa shape index (κ3) is 1.85. The van der Waals surface area contributed by atoms with Crippen molar-refractivity contribution in [2.24, 2.45) is 0 Å². The summed E-state index contributed by atoms with van der Waals surface area (Å²) >= 11 is 1.52. The van der Waals surface area contributed by atoms with Gasteiger partial charge in [-0.05, 0) is 26.0 Å². The van der Waals surface area contributed by atoms with Gasteiger partial charge < -0.3 is 4.74 Å². The lowest BCUT2D eigenvalue weighted by Crippen LogP contribution is -2.04. The van der Waals surface area contributed by atoms with Gasteiger partial charge in [-0.3, -0.25) is 0 Å². The molecule has 0 fully saturated rings. The second-order valence-electron chi connectivity index (χ2n) is 3.11.